The van der Waals surface area contributed by atoms with Gasteiger partial charge in [0.2, 0.25) is 0 Å². The van der Waals surface area contributed by atoms with E-state index >= 15 is 0 Å². The second kappa shape index (κ2) is 6.70. The molecule has 0 spiro atoms. The fraction of sp³-hybridized carbons (Fsp3) is 0.733. The first-order chi connectivity index (χ1) is 9.05. The lowest BCUT2D eigenvalue weighted by Crippen LogP contribution is -2.49. The third-order valence-corrected chi connectivity index (χ3v) is 5.77. The van der Waals surface area contributed by atoms with E-state index in [-0.39, 0.29) is 5.60 Å². The van der Waals surface area contributed by atoms with E-state index in [2.05, 4.69) is 34.3 Å². The highest BCUT2D eigenvalue weighted by molar-refractivity contribution is 9.10. The highest BCUT2D eigenvalue weighted by Crippen LogP contribution is 2.39. The Morgan fingerprint density at radius 2 is 2.42 bits per heavy atom. The van der Waals surface area contributed by atoms with E-state index in [1.807, 2.05) is 6.92 Å². The van der Waals surface area contributed by atoms with Gasteiger partial charge >= 0.3 is 0 Å². The monoisotopic (exact) mass is 346 g/mol. The molecule has 0 bridgehead atoms. The zero-order chi connectivity index (χ0) is 13.9. The number of halogens is 1. The van der Waals surface area contributed by atoms with Crippen LogP contribution in [-0.2, 0) is 11.2 Å². The Bertz CT molecular complexity index is 403. The molecule has 108 valence electrons. The molecule has 1 aromatic heterocycles. The van der Waals surface area contributed by atoms with Gasteiger partial charge in [-0.1, -0.05) is 19.8 Å². The number of aliphatic hydroxyl groups excluding tert-OH is 1. The Morgan fingerprint density at radius 3 is 3.00 bits per heavy atom. The van der Waals surface area contributed by atoms with Crippen LogP contribution in [0.2, 0.25) is 0 Å². The Labute approximate surface area is 128 Å². The maximum atomic E-state index is 10.7. The van der Waals surface area contributed by atoms with Crippen molar-refractivity contribution in [1.29, 1.82) is 0 Å². The quantitative estimate of drug-likeness (QED) is 0.856. The first-order valence-electron chi connectivity index (χ1n) is 7.10. The first kappa shape index (κ1) is 15.5. The van der Waals surface area contributed by atoms with Crippen molar-refractivity contribution < 1.29 is 9.84 Å². The van der Waals surface area contributed by atoms with Gasteiger partial charge in [0.1, 0.15) is 0 Å². The summed E-state index contributed by atoms with van der Waals surface area (Å²) in [4.78, 5) is 1.22. The third kappa shape index (κ3) is 3.81. The summed E-state index contributed by atoms with van der Waals surface area (Å²) in [6.07, 6.45) is 4.68. The number of hydrogen-bond donors (Lipinski definition) is 1. The summed E-state index contributed by atoms with van der Waals surface area (Å²) in [6, 6.07) is 2.10. The van der Waals surface area contributed by atoms with Gasteiger partial charge in [0.25, 0.3) is 0 Å². The van der Waals surface area contributed by atoms with Crippen molar-refractivity contribution in [1.82, 2.24) is 0 Å². The lowest BCUT2D eigenvalue weighted by atomic mass is 9.74. The molecule has 2 rings (SSSR count). The van der Waals surface area contributed by atoms with E-state index in [0.717, 1.165) is 23.7 Å². The molecule has 0 amide bonds. The lowest BCUT2D eigenvalue weighted by molar-refractivity contribution is -0.146. The summed E-state index contributed by atoms with van der Waals surface area (Å²) in [5.41, 5.74) is -0.330. The van der Waals surface area contributed by atoms with Crippen LogP contribution in [0.25, 0.3) is 0 Å². The molecule has 0 aliphatic heterocycles. The molecule has 0 aromatic carbocycles. The molecule has 3 atom stereocenters. The van der Waals surface area contributed by atoms with E-state index < -0.39 is 6.10 Å². The van der Waals surface area contributed by atoms with Gasteiger partial charge < -0.3 is 9.84 Å². The zero-order valence-electron chi connectivity index (χ0n) is 11.7. The molecule has 1 saturated carbocycles. The van der Waals surface area contributed by atoms with E-state index in [4.69, 9.17) is 4.74 Å². The van der Waals surface area contributed by atoms with Gasteiger partial charge in [-0.2, -0.15) is 0 Å². The van der Waals surface area contributed by atoms with Crippen molar-refractivity contribution in [3.05, 3.63) is 20.8 Å². The lowest BCUT2D eigenvalue weighted by Gasteiger charge is -2.43. The summed E-state index contributed by atoms with van der Waals surface area (Å²) >= 11 is 5.17. The molecule has 1 aliphatic carbocycles. The predicted octanol–water partition coefficient (Wildman–Crippen LogP) is 4.40. The molecule has 1 N–H and O–H groups in total. The number of ether oxygens (including phenoxy) is 1. The van der Waals surface area contributed by atoms with Crippen LogP contribution in [-0.4, -0.2) is 23.4 Å². The smallest absolute Gasteiger partial charge is 0.0946 e. The number of rotatable bonds is 5. The van der Waals surface area contributed by atoms with Gasteiger partial charge in [0, 0.05) is 27.8 Å². The molecular formula is C15H23BrO2S. The minimum atomic E-state index is -0.402. The number of thiophene rings is 1. The second-order valence-corrected chi connectivity index (χ2v) is 7.56. The summed E-state index contributed by atoms with van der Waals surface area (Å²) in [5, 5.41) is 12.8. The summed E-state index contributed by atoms with van der Waals surface area (Å²) < 4.78 is 7.12. The van der Waals surface area contributed by atoms with Crippen LogP contribution in [0, 0.1) is 5.92 Å². The fourth-order valence-electron chi connectivity index (χ4n) is 3.20. The topological polar surface area (TPSA) is 29.5 Å². The Kier molecular flexibility index (Phi) is 5.46. The highest BCUT2D eigenvalue weighted by atomic mass is 79.9. The van der Waals surface area contributed by atoms with Gasteiger partial charge in [-0.25, -0.2) is 0 Å². The second-order valence-electron chi connectivity index (χ2n) is 5.65. The first-order valence-corrected chi connectivity index (χ1v) is 8.78. The Balaban J connectivity index is 2.09. The maximum Gasteiger partial charge on any atom is 0.0946 e. The van der Waals surface area contributed by atoms with Gasteiger partial charge in [0.15, 0.2) is 0 Å². The fourth-order valence-corrected chi connectivity index (χ4v) is 4.69. The normalized spacial score (nSPS) is 29.4. The summed E-state index contributed by atoms with van der Waals surface area (Å²) in [7, 11) is 0. The van der Waals surface area contributed by atoms with Crippen molar-refractivity contribution in [2.45, 2.75) is 57.7 Å². The molecule has 1 fully saturated rings. The average Bonchev–Trinajstić information content (AvgIpc) is 2.75. The standard InChI is InChI=1S/C15H23BrO2S/c1-3-18-15(6-4-5-11(2)9-15)14(17)8-13-7-12(16)10-19-13/h7,10-11,14,17H,3-6,8-9H2,1-2H3. The maximum absolute atomic E-state index is 10.7. The van der Waals surface area contributed by atoms with Gasteiger partial charge in [-0.15, -0.1) is 11.3 Å². The molecule has 0 radical (unpaired) electrons. The Hall–Kier alpha value is 0.1000. The SMILES string of the molecule is CCOC1(C(O)Cc2cc(Br)cs2)CCCC(C)C1. The molecule has 1 heterocycles. The van der Waals surface area contributed by atoms with E-state index in [1.165, 1.54) is 11.3 Å². The van der Waals surface area contributed by atoms with Crippen molar-refractivity contribution in [3.8, 4) is 0 Å². The molecule has 3 unspecified atom stereocenters. The van der Waals surface area contributed by atoms with Crippen LogP contribution in [0.15, 0.2) is 15.9 Å². The van der Waals surface area contributed by atoms with E-state index in [1.54, 1.807) is 11.3 Å². The molecule has 19 heavy (non-hydrogen) atoms. The van der Waals surface area contributed by atoms with Gasteiger partial charge in [-0.3, -0.25) is 0 Å². The van der Waals surface area contributed by atoms with Crippen LogP contribution in [0.3, 0.4) is 0 Å². The van der Waals surface area contributed by atoms with Crippen molar-refractivity contribution >= 4 is 27.3 Å². The van der Waals surface area contributed by atoms with Gasteiger partial charge in [0.05, 0.1) is 11.7 Å². The number of aliphatic hydroxyl groups is 1. The summed E-state index contributed by atoms with van der Waals surface area (Å²) in [6.45, 7) is 4.97. The molecule has 1 aromatic rings. The van der Waals surface area contributed by atoms with E-state index in [9.17, 15) is 5.11 Å². The van der Waals surface area contributed by atoms with Crippen LogP contribution in [0.1, 0.15) is 44.4 Å². The largest absolute Gasteiger partial charge is 0.390 e. The predicted molar refractivity (Wildman–Crippen MR) is 83.7 cm³/mol. The van der Waals surface area contributed by atoms with Gasteiger partial charge in [-0.05, 0) is 47.7 Å². The molecule has 0 saturated heterocycles. The van der Waals surface area contributed by atoms with Crippen molar-refractivity contribution in [2.24, 2.45) is 5.92 Å². The van der Waals surface area contributed by atoms with Crippen LogP contribution >= 0.6 is 27.3 Å². The van der Waals surface area contributed by atoms with Crippen LogP contribution in [0.5, 0.6) is 0 Å². The molecule has 2 nitrogen and oxygen atoms in total. The molecule has 4 heteroatoms. The van der Waals surface area contributed by atoms with Crippen molar-refractivity contribution in [2.75, 3.05) is 6.61 Å². The minimum absolute atomic E-state index is 0.330. The highest BCUT2D eigenvalue weighted by Gasteiger charge is 2.42. The van der Waals surface area contributed by atoms with Crippen molar-refractivity contribution in [3.63, 3.8) is 0 Å². The molecular weight excluding hydrogens is 324 g/mol. The van der Waals surface area contributed by atoms with E-state index in [0.29, 0.717) is 18.9 Å². The average molecular weight is 347 g/mol. The Morgan fingerprint density at radius 1 is 1.63 bits per heavy atom. The van der Waals surface area contributed by atoms with Crippen LogP contribution < -0.4 is 0 Å². The zero-order valence-corrected chi connectivity index (χ0v) is 14.1. The summed E-state index contributed by atoms with van der Waals surface area (Å²) in [5.74, 6) is 0.644. The van der Waals surface area contributed by atoms with Crippen LogP contribution in [0.4, 0.5) is 0 Å². The minimum Gasteiger partial charge on any atom is -0.390 e. The third-order valence-electron chi connectivity index (χ3n) is 4.05. The molecule has 1 aliphatic rings. The number of hydrogen-bond acceptors (Lipinski definition) is 3.